The van der Waals surface area contributed by atoms with E-state index >= 15 is 0 Å². The summed E-state index contributed by atoms with van der Waals surface area (Å²) in [5, 5.41) is 7.79. The van der Waals surface area contributed by atoms with Crippen molar-refractivity contribution in [3.8, 4) is 0 Å². The number of pyridine rings is 1. The van der Waals surface area contributed by atoms with Crippen molar-refractivity contribution in [3.05, 3.63) is 36.0 Å². The predicted molar refractivity (Wildman–Crippen MR) is 105 cm³/mol. The van der Waals surface area contributed by atoms with E-state index in [-0.39, 0.29) is 18.0 Å². The number of piperidine rings is 1. The van der Waals surface area contributed by atoms with Crippen LogP contribution in [0.3, 0.4) is 0 Å². The smallest absolute Gasteiger partial charge is 0.237 e. The SMILES string of the molecule is Cc1ccc(N2C[C@@H](C)C[C@@H](NC(=O)[C@@H]3CCCN3)C2)c2cccnc12. The van der Waals surface area contributed by atoms with E-state index in [9.17, 15) is 4.79 Å². The number of hydrogen-bond acceptors (Lipinski definition) is 4. The number of amides is 1. The van der Waals surface area contributed by atoms with Gasteiger partial charge < -0.3 is 15.5 Å². The van der Waals surface area contributed by atoms with Gasteiger partial charge in [-0.25, -0.2) is 0 Å². The molecular weight excluding hydrogens is 324 g/mol. The summed E-state index contributed by atoms with van der Waals surface area (Å²) < 4.78 is 0. The highest BCUT2D eigenvalue weighted by Gasteiger charge is 2.30. The normalized spacial score (nSPS) is 26.2. The van der Waals surface area contributed by atoms with Crippen molar-refractivity contribution in [2.45, 2.75) is 45.2 Å². The van der Waals surface area contributed by atoms with E-state index in [2.05, 4.69) is 52.6 Å². The van der Waals surface area contributed by atoms with Crippen molar-refractivity contribution in [1.82, 2.24) is 15.6 Å². The Morgan fingerprint density at radius 3 is 3.00 bits per heavy atom. The number of nitrogens with one attached hydrogen (secondary N) is 2. The third-order valence-corrected chi connectivity index (χ3v) is 5.67. The summed E-state index contributed by atoms with van der Waals surface area (Å²) in [5.41, 5.74) is 3.49. The van der Waals surface area contributed by atoms with Crippen LogP contribution in [-0.4, -0.2) is 42.6 Å². The van der Waals surface area contributed by atoms with Crippen molar-refractivity contribution >= 4 is 22.5 Å². The molecule has 0 spiro atoms. The maximum absolute atomic E-state index is 12.5. The van der Waals surface area contributed by atoms with Gasteiger partial charge in [0.15, 0.2) is 0 Å². The fourth-order valence-corrected chi connectivity index (χ4v) is 4.44. The summed E-state index contributed by atoms with van der Waals surface area (Å²) >= 11 is 0. The largest absolute Gasteiger partial charge is 0.369 e. The van der Waals surface area contributed by atoms with Gasteiger partial charge in [-0.05, 0) is 62.4 Å². The highest BCUT2D eigenvalue weighted by Crippen LogP contribution is 2.31. The molecule has 2 aromatic rings. The van der Waals surface area contributed by atoms with Gasteiger partial charge in [0.25, 0.3) is 0 Å². The standard InChI is InChI=1S/C21H28N4O/c1-14-11-16(24-21(26)18-6-4-9-22-18)13-25(12-14)19-8-7-15(2)20-17(19)5-3-10-23-20/h3,5,7-8,10,14,16,18,22H,4,6,9,11-13H2,1-2H3,(H,24,26)/t14-,16+,18-/m0/s1. The van der Waals surface area contributed by atoms with Crippen LogP contribution in [0, 0.1) is 12.8 Å². The molecule has 2 fully saturated rings. The van der Waals surface area contributed by atoms with Crippen LogP contribution in [0.5, 0.6) is 0 Å². The lowest BCUT2D eigenvalue weighted by atomic mass is 9.94. The summed E-state index contributed by atoms with van der Waals surface area (Å²) in [6.45, 7) is 7.20. The van der Waals surface area contributed by atoms with E-state index < -0.39 is 0 Å². The van der Waals surface area contributed by atoms with Crippen LogP contribution in [-0.2, 0) is 4.79 Å². The lowest BCUT2D eigenvalue weighted by Gasteiger charge is -2.39. The summed E-state index contributed by atoms with van der Waals surface area (Å²) in [5.74, 6) is 0.704. The van der Waals surface area contributed by atoms with Gasteiger partial charge >= 0.3 is 0 Å². The summed E-state index contributed by atoms with van der Waals surface area (Å²) in [4.78, 5) is 19.5. The first-order valence-electron chi connectivity index (χ1n) is 9.75. The van der Waals surface area contributed by atoms with Crippen LogP contribution in [0.25, 0.3) is 10.9 Å². The second-order valence-electron chi connectivity index (χ2n) is 7.90. The molecule has 5 nitrogen and oxygen atoms in total. The van der Waals surface area contributed by atoms with Crippen LogP contribution in [0.1, 0.15) is 31.7 Å². The molecule has 0 unspecified atom stereocenters. The first-order chi connectivity index (χ1) is 12.6. The van der Waals surface area contributed by atoms with Gasteiger partial charge in [0.2, 0.25) is 5.91 Å². The van der Waals surface area contributed by atoms with Gasteiger partial charge in [-0.1, -0.05) is 13.0 Å². The number of rotatable bonds is 3. The van der Waals surface area contributed by atoms with Gasteiger partial charge in [0, 0.05) is 36.4 Å². The molecule has 0 bridgehead atoms. The van der Waals surface area contributed by atoms with Gasteiger partial charge in [0.05, 0.1) is 11.6 Å². The van der Waals surface area contributed by atoms with Crippen molar-refractivity contribution in [1.29, 1.82) is 0 Å². The molecule has 2 aliphatic heterocycles. The molecule has 0 radical (unpaired) electrons. The molecule has 1 amide bonds. The van der Waals surface area contributed by atoms with Crippen molar-refractivity contribution in [2.24, 2.45) is 5.92 Å². The zero-order valence-corrected chi connectivity index (χ0v) is 15.7. The van der Waals surface area contributed by atoms with Crippen LogP contribution in [0.4, 0.5) is 5.69 Å². The zero-order chi connectivity index (χ0) is 18.1. The summed E-state index contributed by atoms with van der Waals surface area (Å²) in [6, 6.07) is 8.70. The Bertz CT molecular complexity index is 800. The second kappa shape index (κ2) is 7.23. The number of hydrogen-bond donors (Lipinski definition) is 2. The number of anilines is 1. The third kappa shape index (κ3) is 3.40. The predicted octanol–water partition coefficient (Wildman–Crippen LogP) is 2.63. The van der Waals surface area contributed by atoms with Crippen molar-refractivity contribution < 1.29 is 4.79 Å². The minimum absolute atomic E-state index is 0.00918. The van der Waals surface area contributed by atoms with E-state index in [0.717, 1.165) is 44.4 Å². The Kier molecular flexibility index (Phi) is 4.81. The first kappa shape index (κ1) is 17.3. The van der Waals surface area contributed by atoms with Gasteiger partial charge in [-0.2, -0.15) is 0 Å². The van der Waals surface area contributed by atoms with Gasteiger partial charge in [-0.3, -0.25) is 9.78 Å². The molecule has 4 rings (SSSR count). The minimum Gasteiger partial charge on any atom is -0.369 e. The third-order valence-electron chi connectivity index (χ3n) is 5.67. The molecule has 138 valence electrons. The maximum Gasteiger partial charge on any atom is 0.237 e. The molecule has 0 saturated carbocycles. The molecule has 3 atom stereocenters. The number of fused-ring (bicyclic) bond motifs is 1. The molecule has 1 aromatic carbocycles. The number of nitrogens with zero attached hydrogens (tertiary/aromatic N) is 2. The average molecular weight is 352 g/mol. The van der Waals surface area contributed by atoms with Crippen molar-refractivity contribution in [2.75, 3.05) is 24.5 Å². The molecule has 26 heavy (non-hydrogen) atoms. The van der Waals surface area contributed by atoms with Crippen LogP contribution in [0.15, 0.2) is 30.5 Å². The fourth-order valence-electron chi connectivity index (χ4n) is 4.44. The Labute approximate surface area is 155 Å². The Hall–Kier alpha value is -2.14. The molecule has 5 heteroatoms. The molecule has 1 aromatic heterocycles. The highest BCUT2D eigenvalue weighted by molar-refractivity contribution is 5.93. The topological polar surface area (TPSA) is 57.3 Å². The number of carbonyl (C=O) groups is 1. The zero-order valence-electron chi connectivity index (χ0n) is 15.7. The van der Waals surface area contributed by atoms with Crippen LogP contribution >= 0.6 is 0 Å². The monoisotopic (exact) mass is 352 g/mol. The number of carbonyl (C=O) groups excluding carboxylic acids is 1. The van der Waals surface area contributed by atoms with E-state index in [4.69, 9.17) is 0 Å². The van der Waals surface area contributed by atoms with E-state index in [0.29, 0.717) is 5.92 Å². The molecule has 2 saturated heterocycles. The minimum atomic E-state index is -0.00918. The van der Waals surface area contributed by atoms with E-state index in [1.54, 1.807) is 0 Å². The van der Waals surface area contributed by atoms with Crippen LogP contribution < -0.4 is 15.5 Å². The van der Waals surface area contributed by atoms with Crippen LogP contribution in [0.2, 0.25) is 0 Å². The Morgan fingerprint density at radius 2 is 2.19 bits per heavy atom. The molecule has 2 N–H and O–H groups in total. The van der Waals surface area contributed by atoms with Gasteiger partial charge in [0.1, 0.15) is 0 Å². The van der Waals surface area contributed by atoms with E-state index in [1.807, 2.05) is 12.3 Å². The summed E-state index contributed by atoms with van der Waals surface area (Å²) in [6.07, 6.45) is 4.94. The molecule has 2 aliphatic rings. The molecular formula is C21H28N4O. The number of aromatic nitrogens is 1. The lowest BCUT2D eigenvalue weighted by Crippen LogP contribution is -2.53. The number of benzene rings is 1. The lowest BCUT2D eigenvalue weighted by molar-refractivity contribution is -0.123. The fraction of sp³-hybridized carbons (Fsp3) is 0.524. The maximum atomic E-state index is 12.5. The Morgan fingerprint density at radius 1 is 1.31 bits per heavy atom. The molecule has 3 heterocycles. The quantitative estimate of drug-likeness (QED) is 0.892. The first-order valence-corrected chi connectivity index (χ1v) is 9.75. The van der Waals surface area contributed by atoms with Gasteiger partial charge in [-0.15, -0.1) is 0 Å². The van der Waals surface area contributed by atoms with Crippen molar-refractivity contribution in [3.63, 3.8) is 0 Å². The average Bonchev–Trinajstić information content (AvgIpc) is 3.16. The Balaban J connectivity index is 1.55. The number of aryl methyl sites for hydroxylation is 1. The second-order valence-corrected chi connectivity index (χ2v) is 7.90. The summed E-state index contributed by atoms with van der Waals surface area (Å²) in [7, 11) is 0. The highest BCUT2D eigenvalue weighted by atomic mass is 16.2. The molecule has 0 aliphatic carbocycles. The van der Waals surface area contributed by atoms with E-state index in [1.165, 1.54) is 16.6 Å².